The molecule has 0 nitrogen and oxygen atoms in total. The van der Waals surface area contributed by atoms with Crippen molar-refractivity contribution in [2.45, 2.75) is 0 Å². The van der Waals surface area contributed by atoms with Crippen LogP contribution in [0.5, 0.6) is 0 Å². The molecule has 8 heteroatoms. The van der Waals surface area contributed by atoms with Gasteiger partial charge in [0.05, 0.1) is 0 Å². The van der Waals surface area contributed by atoms with Gasteiger partial charge in [0, 0.05) is 0 Å². The summed E-state index contributed by atoms with van der Waals surface area (Å²) in [5.74, 6) is 0. The van der Waals surface area contributed by atoms with Crippen molar-refractivity contribution < 1.29 is 18.3 Å². The van der Waals surface area contributed by atoms with Crippen LogP contribution in [-0.2, 0) is 0 Å². The summed E-state index contributed by atoms with van der Waals surface area (Å²) in [7, 11) is 0. The molecule has 0 saturated heterocycles. The van der Waals surface area contributed by atoms with E-state index < -0.39 is 19.5 Å². The molecule has 0 atom stereocenters. The molecule has 0 amide bonds. The van der Waals surface area contributed by atoms with E-state index in [1.807, 2.05) is 0 Å². The van der Waals surface area contributed by atoms with E-state index in [4.69, 9.17) is 0 Å². The van der Waals surface area contributed by atoms with Gasteiger partial charge >= 0.3 is 37.8 Å². The van der Waals surface area contributed by atoms with E-state index in [2.05, 4.69) is 0 Å². The minimum Gasteiger partial charge on any atom is 1.00 e. The van der Waals surface area contributed by atoms with E-state index in [0.717, 1.165) is 0 Å². The molecule has 0 aliphatic carbocycles. The monoisotopic (exact) mass is 364 g/mol. The minimum absolute atomic E-state index is 0. The van der Waals surface area contributed by atoms with Crippen molar-refractivity contribution in [3.63, 3.8) is 0 Å². The second-order valence-electron chi connectivity index (χ2n) is 0.958. The maximum atomic E-state index is 9.93. The molecule has 8 heavy (non-hydrogen) atoms. The fourth-order valence-corrected chi connectivity index (χ4v) is 0. The smallest absolute Gasteiger partial charge is 1.00 e. The third-order valence-corrected chi connectivity index (χ3v) is 0. The quantitative estimate of drug-likeness (QED) is 0.352. The predicted molar refractivity (Wildman–Crippen MR) is 28.9 cm³/mol. The number of hydrogen-bond donors (Lipinski definition) is 0. The number of halogens is 7. The summed E-state index contributed by atoms with van der Waals surface area (Å²) in [6, 6.07) is 0. The Balaban J connectivity index is -0.000000180. The molecule has 0 aliphatic heterocycles. The molecule has 0 radical (unpaired) electrons. The third kappa shape index (κ3) is 210. The Labute approximate surface area is 61.6 Å². The van der Waals surface area contributed by atoms with E-state index >= 15 is 0 Å². The standard InChI is InChI=1S/6FH.HI.Sb/h7*1H;/q;;;;;;;+5/p-5. The molecular weight excluding hydrogens is 363 g/mol. The van der Waals surface area contributed by atoms with Gasteiger partial charge in [0.1, 0.15) is 0 Å². The van der Waals surface area contributed by atoms with E-state index in [1.54, 1.807) is 0 Å². The fourth-order valence-electron chi connectivity index (χ4n) is 0. The van der Waals surface area contributed by atoms with Crippen LogP contribution in [0.25, 0.3) is 0 Å². The van der Waals surface area contributed by atoms with Crippen LogP contribution < -0.4 is 0 Å². The first-order chi connectivity index (χ1) is 2.45. The first-order valence-corrected chi connectivity index (χ1v) is 6.80. The molecule has 0 saturated carbocycles. The van der Waals surface area contributed by atoms with Crippen LogP contribution in [-0.4, -0.2) is 19.5 Å². The van der Waals surface area contributed by atoms with Gasteiger partial charge in [-0.1, -0.05) is 0 Å². The number of rotatable bonds is 0. The Bertz CT molecular complexity index is 71.6. The van der Waals surface area contributed by atoms with Crippen molar-refractivity contribution >= 4 is 43.5 Å². The van der Waals surface area contributed by atoms with Crippen LogP contribution in [0.4, 0.5) is 16.9 Å². The van der Waals surface area contributed by atoms with Gasteiger partial charge in [-0.3, -0.25) is 0 Å². The average Bonchev–Trinajstić information content (AvgIpc) is 0.592. The molecule has 0 unspecified atom stereocenters. The Kier molecular flexibility index (Phi) is 2.36. The minimum atomic E-state index is -11.2. The van der Waals surface area contributed by atoms with Crippen LogP contribution in [0.2, 0.25) is 0 Å². The van der Waals surface area contributed by atoms with Crippen molar-refractivity contribution in [3.8, 4) is 0 Å². The first kappa shape index (κ1) is 11.9. The van der Waals surface area contributed by atoms with Gasteiger partial charge in [0.15, 0.2) is 0 Å². The summed E-state index contributed by atoms with van der Waals surface area (Å²) < 4.78 is 59.6. The Morgan fingerprint density at radius 2 is 0.750 bits per heavy atom. The molecule has 0 spiro atoms. The first-order valence-electron chi connectivity index (χ1n) is 1.01. The maximum Gasteiger partial charge on any atom is 1.00 e. The molecule has 0 aromatic carbocycles. The fraction of sp³-hybridized carbons (Fsp3) is 0. The zero-order chi connectivity index (χ0) is 6.41. The molecule has 0 N–H and O–H groups in total. The molecule has 0 heterocycles. The Morgan fingerprint density at radius 1 is 0.750 bits per heavy atom. The van der Waals surface area contributed by atoms with E-state index in [1.165, 1.54) is 0 Å². The second kappa shape index (κ2) is 1.59. The average molecular weight is 365 g/mol. The van der Waals surface area contributed by atoms with Crippen LogP contribution in [0.1, 0.15) is 1.43 Å². The summed E-state index contributed by atoms with van der Waals surface area (Å²) in [6.45, 7) is 0. The molecular formula is H2F6ISb. The van der Waals surface area contributed by atoms with Gasteiger partial charge in [0.25, 0.3) is 0 Å². The molecule has 0 fully saturated rings. The van der Waals surface area contributed by atoms with Crippen molar-refractivity contribution in [1.29, 1.82) is 0 Å². The van der Waals surface area contributed by atoms with E-state index in [0.29, 0.717) is 0 Å². The Morgan fingerprint density at radius 3 is 0.750 bits per heavy atom. The predicted octanol–water partition coefficient (Wildman–Crippen LogP) is 2.87. The zero-order valence-electron chi connectivity index (χ0n) is 4.12. The topological polar surface area (TPSA) is 0 Å². The second-order valence-corrected chi connectivity index (χ2v) is 6.43. The van der Waals surface area contributed by atoms with E-state index in [9.17, 15) is 16.9 Å². The largest absolute Gasteiger partial charge is 1.00 e. The van der Waals surface area contributed by atoms with Gasteiger partial charge in [0.2, 0.25) is 0 Å². The van der Waals surface area contributed by atoms with Gasteiger partial charge in [-0.25, -0.2) is 0 Å². The van der Waals surface area contributed by atoms with Crippen molar-refractivity contribution in [2.24, 2.45) is 0 Å². The summed E-state index contributed by atoms with van der Waals surface area (Å²) >= 11 is -11.2. The summed E-state index contributed by atoms with van der Waals surface area (Å²) in [5, 5.41) is 0. The van der Waals surface area contributed by atoms with Gasteiger partial charge < -0.3 is 0 Å². The maximum absolute atomic E-state index is 11.2. The molecule has 0 bridgehead atoms. The summed E-state index contributed by atoms with van der Waals surface area (Å²) in [5.41, 5.74) is 0. The van der Waals surface area contributed by atoms with Crippen molar-refractivity contribution in [3.05, 3.63) is 0 Å². The SMILES string of the molecule is I.[F][Sb-]([F])([F])([F])([F])[F].[H+]. The zero-order valence-corrected chi connectivity index (χ0v) is 8.01. The molecule has 0 aromatic rings. The van der Waals surface area contributed by atoms with Gasteiger partial charge in [-0.2, -0.15) is 0 Å². The molecule has 0 rings (SSSR count). The normalized spacial score (nSPS) is 20.2. The van der Waals surface area contributed by atoms with Gasteiger partial charge in [-0.05, 0) is 0 Å². The van der Waals surface area contributed by atoms with Gasteiger partial charge in [-0.15, -0.1) is 24.0 Å². The van der Waals surface area contributed by atoms with Crippen LogP contribution >= 0.6 is 24.0 Å². The summed E-state index contributed by atoms with van der Waals surface area (Å²) in [4.78, 5) is 0. The number of hydrogen-bond acceptors (Lipinski definition) is 0. The molecule has 0 aliphatic rings. The summed E-state index contributed by atoms with van der Waals surface area (Å²) in [6.07, 6.45) is 0. The third-order valence-electron chi connectivity index (χ3n) is 0. The van der Waals surface area contributed by atoms with Crippen LogP contribution in [0.15, 0.2) is 0 Å². The van der Waals surface area contributed by atoms with E-state index in [-0.39, 0.29) is 25.4 Å². The van der Waals surface area contributed by atoms with Crippen LogP contribution in [0.3, 0.4) is 0 Å². The molecule has 0 aromatic heterocycles. The Hall–Kier alpha value is 1.13. The van der Waals surface area contributed by atoms with Crippen LogP contribution in [0, 0.1) is 0 Å². The van der Waals surface area contributed by atoms with Crippen molar-refractivity contribution in [2.75, 3.05) is 0 Å². The molecule has 56 valence electrons. The van der Waals surface area contributed by atoms with Crippen molar-refractivity contribution in [1.82, 2.24) is 0 Å².